The van der Waals surface area contributed by atoms with Gasteiger partial charge in [0.05, 0.1) is 12.4 Å². The molecule has 1 heterocycles. The minimum atomic E-state index is 0.341. The maximum Gasteiger partial charge on any atom is 0.157 e. The van der Waals surface area contributed by atoms with Gasteiger partial charge in [0.1, 0.15) is 6.61 Å². The second-order valence-corrected chi connectivity index (χ2v) is 4.34. The monoisotopic (exact) mass is 270 g/mol. The summed E-state index contributed by atoms with van der Waals surface area (Å²) in [4.78, 5) is 0. The summed E-state index contributed by atoms with van der Waals surface area (Å²) in [6.45, 7) is 3.17. The van der Waals surface area contributed by atoms with Crippen LogP contribution in [0.5, 0.6) is 5.75 Å². The van der Waals surface area contributed by atoms with Crippen molar-refractivity contribution in [2.24, 2.45) is 0 Å². The van der Waals surface area contributed by atoms with Crippen molar-refractivity contribution in [2.75, 3.05) is 0 Å². The van der Waals surface area contributed by atoms with Crippen LogP contribution >= 0.6 is 23.2 Å². The van der Waals surface area contributed by atoms with Gasteiger partial charge in [0.25, 0.3) is 0 Å². The molecule has 0 saturated heterocycles. The predicted molar refractivity (Wildman–Crippen MR) is 68.7 cm³/mol. The fraction of sp³-hybridized carbons (Fsp3) is 0.250. The second-order valence-electron chi connectivity index (χ2n) is 3.52. The lowest BCUT2D eigenvalue weighted by Gasteiger charge is -2.07. The Labute approximate surface area is 110 Å². The van der Waals surface area contributed by atoms with Gasteiger partial charge in [-0.2, -0.15) is 5.10 Å². The van der Waals surface area contributed by atoms with E-state index in [1.54, 1.807) is 23.0 Å². The normalized spacial score (nSPS) is 10.5. The maximum absolute atomic E-state index is 6.04. The lowest BCUT2D eigenvalue weighted by Crippen LogP contribution is -1.97. The van der Waals surface area contributed by atoms with E-state index in [1.807, 2.05) is 19.2 Å². The average Bonchev–Trinajstić information content (AvgIpc) is 2.76. The van der Waals surface area contributed by atoms with E-state index in [0.29, 0.717) is 22.4 Å². The van der Waals surface area contributed by atoms with Crippen LogP contribution in [0, 0.1) is 0 Å². The minimum Gasteiger partial charge on any atom is -0.486 e. The molecule has 0 spiro atoms. The number of aryl methyl sites for hydroxylation is 1. The third kappa shape index (κ3) is 2.93. The zero-order chi connectivity index (χ0) is 12.3. The van der Waals surface area contributed by atoms with E-state index < -0.39 is 0 Å². The first-order chi connectivity index (χ1) is 8.20. The van der Waals surface area contributed by atoms with Crippen molar-refractivity contribution in [3.8, 4) is 5.75 Å². The smallest absolute Gasteiger partial charge is 0.157 e. The number of aromatic nitrogens is 2. The number of hydrogen-bond acceptors (Lipinski definition) is 2. The first kappa shape index (κ1) is 12.3. The Hall–Kier alpha value is -1.19. The molecule has 0 amide bonds. The zero-order valence-electron chi connectivity index (χ0n) is 9.36. The van der Waals surface area contributed by atoms with Gasteiger partial charge in [-0.25, -0.2) is 0 Å². The molecule has 2 rings (SSSR count). The summed E-state index contributed by atoms with van der Waals surface area (Å²) in [5.41, 5.74) is 0.792. The number of rotatable bonds is 4. The number of benzene rings is 1. The third-order valence-corrected chi connectivity index (χ3v) is 3.09. The minimum absolute atomic E-state index is 0.341. The molecule has 0 unspecified atom stereocenters. The van der Waals surface area contributed by atoms with E-state index in [1.165, 1.54) is 0 Å². The summed E-state index contributed by atoms with van der Waals surface area (Å²) in [6.07, 6.45) is 3.51. The maximum atomic E-state index is 6.04. The molecule has 1 aromatic heterocycles. The molecule has 90 valence electrons. The van der Waals surface area contributed by atoms with E-state index in [4.69, 9.17) is 27.9 Å². The van der Waals surface area contributed by atoms with Crippen LogP contribution in [0.4, 0.5) is 0 Å². The Morgan fingerprint density at radius 1 is 1.29 bits per heavy atom. The van der Waals surface area contributed by atoms with Gasteiger partial charge < -0.3 is 4.74 Å². The van der Waals surface area contributed by atoms with Crippen LogP contribution in [0.15, 0.2) is 30.6 Å². The zero-order valence-corrected chi connectivity index (χ0v) is 10.9. The van der Waals surface area contributed by atoms with Gasteiger partial charge in [0, 0.05) is 22.2 Å². The number of halogens is 2. The highest BCUT2D eigenvalue weighted by molar-refractivity contribution is 6.35. The fourth-order valence-electron chi connectivity index (χ4n) is 1.42. The van der Waals surface area contributed by atoms with Gasteiger partial charge in [-0.05, 0) is 19.1 Å². The molecular formula is C12H12Cl2N2O. The van der Waals surface area contributed by atoms with Gasteiger partial charge in [-0.15, -0.1) is 0 Å². The van der Waals surface area contributed by atoms with Crippen LogP contribution in [-0.2, 0) is 13.2 Å². The molecule has 3 nitrogen and oxygen atoms in total. The Balaban J connectivity index is 2.07. The molecule has 0 bridgehead atoms. The largest absolute Gasteiger partial charge is 0.486 e. The molecule has 0 fully saturated rings. The van der Waals surface area contributed by atoms with Crippen molar-refractivity contribution >= 4 is 23.2 Å². The molecule has 1 aromatic carbocycles. The van der Waals surface area contributed by atoms with Crippen LogP contribution in [0.3, 0.4) is 0 Å². The highest BCUT2D eigenvalue weighted by atomic mass is 35.5. The number of hydrogen-bond donors (Lipinski definition) is 0. The molecule has 0 N–H and O–H groups in total. The molecule has 0 saturated carbocycles. The molecule has 5 heteroatoms. The summed E-state index contributed by atoms with van der Waals surface area (Å²) >= 11 is 12.1. The van der Waals surface area contributed by atoms with Crippen molar-refractivity contribution in [1.29, 1.82) is 0 Å². The van der Waals surface area contributed by atoms with Crippen LogP contribution in [-0.4, -0.2) is 9.78 Å². The topological polar surface area (TPSA) is 27.1 Å². The van der Waals surface area contributed by atoms with Crippen LogP contribution in [0.25, 0.3) is 0 Å². The summed E-state index contributed by atoms with van der Waals surface area (Å²) in [5, 5.41) is 5.34. The fourth-order valence-corrected chi connectivity index (χ4v) is 1.92. The van der Waals surface area contributed by atoms with Gasteiger partial charge in [-0.3, -0.25) is 4.68 Å². The van der Waals surface area contributed by atoms with Crippen molar-refractivity contribution < 1.29 is 4.74 Å². The highest BCUT2D eigenvalue weighted by Crippen LogP contribution is 2.25. The SMILES string of the molecule is CCn1cc(OCc2c(Cl)cccc2Cl)cn1. The molecule has 0 aliphatic rings. The highest BCUT2D eigenvalue weighted by Gasteiger charge is 2.06. The van der Waals surface area contributed by atoms with Crippen LogP contribution in [0.2, 0.25) is 10.0 Å². The quantitative estimate of drug-likeness (QED) is 0.845. The summed E-state index contributed by atoms with van der Waals surface area (Å²) in [7, 11) is 0. The van der Waals surface area contributed by atoms with Crippen molar-refractivity contribution in [1.82, 2.24) is 9.78 Å². The number of nitrogens with zero attached hydrogens (tertiary/aromatic N) is 2. The summed E-state index contributed by atoms with van der Waals surface area (Å²) in [6, 6.07) is 5.40. The predicted octanol–water partition coefficient (Wildman–Crippen LogP) is 3.79. The summed E-state index contributed by atoms with van der Waals surface area (Å²) < 4.78 is 7.38. The van der Waals surface area contributed by atoms with Gasteiger partial charge >= 0.3 is 0 Å². The molecule has 0 atom stereocenters. The molecule has 2 aromatic rings. The first-order valence-corrected chi connectivity index (χ1v) is 6.04. The van der Waals surface area contributed by atoms with Crippen molar-refractivity contribution in [3.05, 3.63) is 46.2 Å². The van der Waals surface area contributed by atoms with E-state index in [9.17, 15) is 0 Å². The summed E-state index contributed by atoms with van der Waals surface area (Å²) in [5.74, 6) is 0.711. The van der Waals surface area contributed by atoms with Gasteiger partial charge in [0.15, 0.2) is 5.75 Å². The molecule has 0 radical (unpaired) electrons. The van der Waals surface area contributed by atoms with E-state index >= 15 is 0 Å². The van der Waals surface area contributed by atoms with Crippen LogP contribution < -0.4 is 4.74 Å². The Morgan fingerprint density at radius 3 is 2.59 bits per heavy atom. The van der Waals surface area contributed by atoms with E-state index in [-0.39, 0.29) is 0 Å². The molecule has 0 aliphatic carbocycles. The van der Waals surface area contributed by atoms with Crippen LogP contribution in [0.1, 0.15) is 12.5 Å². The second kappa shape index (κ2) is 5.43. The van der Waals surface area contributed by atoms with Crippen molar-refractivity contribution in [3.63, 3.8) is 0 Å². The third-order valence-electron chi connectivity index (χ3n) is 2.38. The van der Waals surface area contributed by atoms with Gasteiger partial charge in [0.2, 0.25) is 0 Å². The van der Waals surface area contributed by atoms with Gasteiger partial charge in [-0.1, -0.05) is 29.3 Å². The molecular weight excluding hydrogens is 259 g/mol. The van der Waals surface area contributed by atoms with E-state index in [2.05, 4.69) is 5.10 Å². The molecule has 0 aliphatic heterocycles. The Kier molecular flexibility index (Phi) is 3.92. The average molecular weight is 271 g/mol. The standard InChI is InChI=1S/C12H12Cl2N2O/c1-2-16-7-9(6-15-16)17-8-10-11(13)4-3-5-12(10)14/h3-7H,2,8H2,1H3. The first-order valence-electron chi connectivity index (χ1n) is 5.29. The van der Waals surface area contributed by atoms with E-state index in [0.717, 1.165) is 12.1 Å². The Morgan fingerprint density at radius 2 is 2.00 bits per heavy atom. The molecule has 17 heavy (non-hydrogen) atoms. The lowest BCUT2D eigenvalue weighted by atomic mass is 10.2. The number of ether oxygens (including phenoxy) is 1. The van der Waals surface area contributed by atoms with Crippen molar-refractivity contribution in [2.45, 2.75) is 20.1 Å². The Bertz CT molecular complexity index is 491. The lowest BCUT2D eigenvalue weighted by molar-refractivity contribution is 0.306.